The van der Waals surface area contributed by atoms with Gasteiger partial charge in [0, 0.05) is 26.7 Å². The minimum atomic E-state index is 0. The van der Waals surface area contributed by atoms with Gasteiger partial charge in [-0.15, -0.1) is 24.0 Å². The summed E-state index contributed by atoms with van der Waals surface area (Å²) in [5.41, 5.74) is 2.15. The number of guanidine groups is 1. The van der Waals surface area contributed by atoms with Gasteiger partial charge in [0.15, 0.2) is 5.96 Å². The molecule has 0 saturated heterocycles. The molecule has 0 atom stereocenters. The van der Waals surface area contributed by atoms with E-state index in [9.17, 15) is 0 Å². The van der Waals surface area contributed by atoms with Crippen LogP contribution in [0.4, 0.5) is 0 Å². The van der Waals surface area contributed by atoms with Crippen molar-refractivity contribution < 1.29 is 4.74 Å². The summed E-state index contributed by atoms with van der Waals surface area (Å²) in [5, 5.41) is 3.33. The maximum atomic E-state index is 5.73. The van der Waals surface area contributed by atoms with Crippen LogP contribution in [0.25, 0.3) is 11.3 Å². The van der Waals surface area contributed by atoms with Gasteiger partial charge in [-0.2, -0.15) is 0 Å². The lowest BCUT2D eigenvalue weighted by Gasteiger charge is -2.21. The molecule has 1 aliphatic rings. The third kappa shape index (κ3) is 7.14. The van der Waals surface area contributed by atoms with Gasteiger partial charge in [0.25, 0.3) is 0 Å². The molecule has 1 heterocycles. The van der Waals surface area contributed by atoms with Crippen molar-refractivity contribution in [1.82, 2.24) is 20.2 Å². The minimum Gasteiger partial charge on any atom is -0.379 e. The van der Waals surface area contributed by atoms with Crippen molar-refractivity contribution in [3.63, 3.8) is 0 Å². The molecule has 0 bridgehead atoms. The van der Waals surface area contributed by atoms with Gasteiger partial charge in [0.1, 0.15) is 12.4 Å². The van der Waals surface area contributed by atoms with E-state index in [1.54, 1.807) is 0 Å². The summed E-state index contributed by atoms with van der Waals surface area (Å²) in [6.45, 7) is 5.88. The third-order valence-electron chi connectivity index (χ3n) is 4.41. The van der Waals surface area contributed by atoms with Gasteiger partial charge >= 0.3 is 0 Å². The second-order valence-electron chi connectivity index (χ2n) is 6.72. The molecule has 27 heavy (non-hydrogen) atoms. The molecule has 0 unspecified atom stereocenters. The number of benzene rings is 1. The molecule has 1 aromatic carbocycles. The van der Waals surface area contributed by atoms with Crippen molar-refractivity contribution >= 4 is 29.9 Å². The smallest absolute Gasteiger partial charge is 0.194 e. The molecule has 1 aromatic heterocycles. The van der Waals surface area contributed by atoms with E-state index in [2.05, 4.69) is 39.2 Å². The van der Waals surface area contributed by atoms with Crippen molar-refractivity contribution in [2.45, 2.75) is 26.3 Å². The Kier molecular flexibility index (Phi) is 9.06. The molecule has 0 aliphatic heterocycles. The van der Waals surface area contributed by atoms with E-state index in [0.29, 0.717) is 6.54 Å². The summed E-state index contributed by atoms with van der Waals surface area (Å²) >= 11 is 0. The van der Waals surface area contributed by atoms with E-state index >= 15 is 0 Å². The van der Waals surface area contributed by atoms with Crippen LogP contribution in [0.5, 0.6) is 0 Å². The Hall–Kier alpha value is -1.61. The van der Waals surface area contributed by atoms with Crippen LogP contribution in [0.2, 0.25) is 0 Å². The van der Waals surface area contributed by atoms with Crippen LogP contribution in [-0.2, 0) is 11.3 Å². The second-order valence-corrected chi connectivity index (χ2v) is 6.72. The first kappa shape index (κ1) is 21.7. The monoisotopic (exact) mass is 483 g/mol. The third-order valence-corrected chi connectivity index (χ3v) is 4.41. The predicted octanol–water partition coefficient (Wildman–Crippen LogP) is 3.52. The van der Waals surface area contributed by atoms with E-state index in [0.717, 1.165) is 55.3 Å². The van der Waals surface area contributed by atoms with E-state index in [-0.39, 0.29) is 24.0 Å². The van der Waals surface area contributed by atoms with Gasteiger partial charge < -0.3 is 19.9 Å². The molecular weight excluding hydrogens is 453 g/mol. The lowest BCUT2D eigenvalue weighted by Crippen LogP contribution is -2.40. The van der Waals surface area contributed by atoms with E-state index in [4.69, 9.17) is 9.73 Å². The number of halogens is 1. The molecule has 3 rings (SSSR count). The summed E-state index contributed by atoms with van der Waals surface area (Å²) in [6.07, 6.45) is 4.52. The van der Waals surface area contributed by atoms with E-state index < -0.39 is 0 Å². The fourth-order valence-electron chi connectivity index (χ4n) is 2.67. The molecule has 0 radical (unpaired) electrons. The highest BCUT2D eigenvalue weighted by Crippen LogP contribution is 2.28. The Labute approximate surface area is 178 Å². The summed E-state index contributed by atoms with van der Waals surface area (Å²) < 4.78 is 5.73. The number of hydrogen-bond donors (Lipinski definition) is 2. The number of likely N-dealkylation sites (N-methyl/N-ethyl adjacent to an activating group) is 1. The van der Waals surface area contributed by atoms with Crippen molar-refractivity contribution in [3.8, 4) is 11.3 Å². The molecule has 1 aliphatic carbocycles. The number of ether oxygens (including phenoxy) is 1. The Morgan fingerprint density at radius 1 is 1.33 bits per heavy atom. The first-order valence-electron chi connectivity index (χ1n) is 9.42. The minimum absolute atomic E-state index is 0. The second kappa shape index (κ2) is 11.3. The number of imidazole rings is 1. The van der Waals surface area contributed by atoms with Crippen molar-refractivity contribution in [3.05, 3.63) is 42.4 Å². The van der Waals surface area contributed by atoms with Crippen molar-refractivity contribution in [2.24, 2.45) is 10.9 Å². The number of rotatable bonds is 9. The number of nitrogens with zero attached hydrogens (tertiary/aromatic N) is 3. The fraction of sp³-hybridized carbons (Fsp3) is 0.500. The topological polar surface area (TPSA) is 65.5 Å². The quantitative estimate of drug-likeness (QED) is 0.248. The highest BCUT2D eigenvalue weighted by atomic mass is 127. The molecule has 6 nitrogen and oxygen atoms in total. The predicted molar refractivity (Wildman–Crippen MR) is 120 cm³/mol. The fourth-order valence-corrected chi connectivity index (χ4v) is 2.67. The van der Waals surface area contributed by atoms with Crippen LogP contribution in [-0.4, -0.2) is 54.2 Å². The average Bonchev–Trinajstić information content (AvgIpc) is 3.38. The number of nitrogens with one attached hydrogen (secondary N) is 2. The lowest BCUT2D eigenvalue weighted by atomic mass is 10.2. The number of aromatic amines is 1. The zero-order chi connectivity index (χ0) is 18.2. The zero-order valence-corrected chi connectivity index (χ0v) is 18.5. The molecular formula is C20H30IN5O. The average molecular weight is 483 g/mol. The summed E-state index contributed by atoms with van der Waals surface area (Å²) in [4.78, 5) is 14.6. The lowest BCUT2D eigenvalue weighted by molar-refractivity contribution is 0.115. The Bertz CT molecular complexity index is 699. The normalized spacial score (nSPS) is 13.9. The van der Waals surface area contributed by atoms with Gasteiger partial charge in [-0.3, -0.25) is 0 Å². The van der Waals surface area contributed by atoms with Crippen molar-refractivity contribution in [1.29, 1.82) is 0 Å². The Morgan fingerprint density at radius 2 is 2.11 bits per heavy atom. The van der Waals surface area contributed by atoms with Crippen LogP contribution in [0, 0.1) is 5.92 Å². The Balaban J connectivity index is 0.00000261. The van der Waals surface area contributed by atoms with Gasteiger partial charge in [-0.05, 0) is 31.2 Å². The Morgan fingerprint density at radius 3 is 2.81 bits per heavy atom. The standard InChI is InChI=1S/C20H29N5O.HI/c1-3-21-20(25(2)11-12-26-15-16-9-10-16)23-14-19-22-13-18(24-19)17-7-5-4-6-8-17;/h4-8,13,16H,3,9-12,14-15H2,1-2H3,(H,21,23)(H,22,24);1H. The first-order valence-corrected chi connectivity index (χ1v) is 9.42. The number of hydrogen-bond acceptors (Lipinski definition) is 3. The molecule has 0 spiro atoms. The van der Waals surface area contributed by atoms with Gasteiger partial charge in [-0.1, -0.05) is 30.3 Å². The van der Waals surface area contributed by atoms with E-state index in [1.165, 1.54) is 12.8 Å². The highest BCUT2D eigenvalue weighted by Gasteiger charge is 2.21. The van der Waals surface area contributed by atoms with E-state index in [1.807, 2.05) is 31.4 Å². The zero-order valence-electron chi connectivity index (χ0n) is 16.1. The van der Waals surface area contributed by atoms with Crippen LogP contribution in [0.1, 0.15) is 25.6 Å². The molecule has 1 fully saturated rings. The highest BCUT2D eigenvalue weighted by molar-refractivity contribution is 14.0. The summed E-state index contributed by atoms with van der Waals surface area (Å²) in [5.74, 6) is 2.54. The summed E-state index contributed by atoms with van der Waals surface area (Å²) in [7, 11) is 2.04. The SMILES string of the molecule is CCNC(=NCc1ncc(-c2ccccc2)[nH]1)N(C)CCOCC1CC1.I. The molecule has 2 aromatic rings. The van der Waals surface area contributed by atoms with Crippen LogP contribution in [0.3, 0.4) is 0 Å². The first-order chi connectivity index (χ1) is 12.8. The molecule has 7 heteroatoms. The van der Waals surface area contributed by atoms with Crippen LogP contribution in [0.15, 0.2) is 41.5 Å². The maximum Gasteiger partial charge on any atom is 0.194 e. The molecule has 2 N–H and O–H groups in total. The number of H-pyrrole nitrogens is 1. The number of aromatic nitrogens is 2. The number of aliphatic imine (C=N–C) groups is 1. The maximum absolute atomic E-state index is 5.73. The largest absolute Gasteiger partial charge is 0.379 e. The molecule has 0 amide bonds. The van der Waals surface area contributed by atoms with Gasteiger partial charge in [-0.25, -0.2) is 9.98 Å². The van der Waals surface area contributed by atoms with Gasteiger partial charge in [0.2, 0.25) is 0 Å². The van der Waals surface area contributed by atoms with Gasteiger partial charge in [0.05, 0.1) is 18.5 Å². The van der Waals surface area contributed by atoms with Crippen LogP contribution < -0.4 is 5.32 Å². The van der Waals surface area contributed by atoms with Crippen LogP contribution >= 0.6 is 24.0 Å². The van der Waals surface area contributed by atoms with Crippen molar-refractivity contribution in [2.75, 3.05) is 33.4 Å². The molecule has 1 saturated carbocycles. The summed E-state index contributed by atoms with van der Waals surface area (Å²) in [6, 6.07) is 10.2. The molecule has 148 valence electrons.